The highest BCUT2D eigenvalue weighted by Gasteiger charge is 2.25. The van der Waals surface area contributed by atoms with Gasteiger partial charge >= 0.3 is 0 Å². The first kappa shape index (κ1) is 38.8. The van der Waals surface area contributed by atoms with Gasteiger partial charge < -0.3 is 8.98 Å². The van der Waals surface area contributed by atoms with Crippen molar-refractivity contribution in [3.8, 4) is 67.8 Å². The summed E-state index contributed by atoms with van der Waals surface area (Å²) in [5.74, 6) is 1.65. The van der Waals surface area contributed by atoms with E-state index >= 15 is 0 Å². The average molecular weight is 882 g/mol. The molecule has 14 aromatic rings. The van der Waals surface area contributed by atoms with Gasteiger partial charge in [0.1, 0.15) is 5.52 Å². The van der Waals surface area contributed by atoms with Crippen LogP contribution in [0.3, 0.4) is 0 Å². The third-order valence-corrected chi connectivity index (χ3v) is 13.6. The second-order valence-electron chi connectivity index (χ2n) is 17.5. The van der Waals surface area contributed by atoms with Gasteiger partial charge in [-0.2, -0.15) is 9.97 Å². The van der Waals surface area contributed by atoms with Gasteiger partial charge in [-0.05, 0) is 58.1 Å². The van der Waals surface area contributed by atoms with E-state index in [4.69, 9.17) is 19.4 Å². The minimum absolute atomic E-state index is 0.500. The van der Waals surface area contributed by atoms with Crippen LogP contribution in [-0.2, 0) is 0 Å². The van der Waals surface area contributed by atoms with Gasteiger partial charge in [-0.15, -0.1) is 0 Å². The summed E-state index contributed by atoms with van der Waals surface area (Å²) in [4.78, 5) is 16.1. The second kappa shape index (κ2) is 15.6. The van der Waals surface area contributed by atoms with Crippen molar-refractivity contribution >= 4 is 65.6 Å². The summed E-state index contributed by atoms with van der Waals surface area (Å²) in [5.41, 5.74) is 15.1. The molecule has 0 aliphatic carbocycles. The highest BCUT2D eigenvalue weighted by Crippen LogP contribution is 2.45. The van der Waals surface area contributed by atoms with Gasteiger partial charge in [0.25, 0.3) is 0 Å². The smallest absolute Gasteiger partial charge is 0.238 e. The molecule has 0 unspecified atom stereocenters. The molecule has 0 bridgehead atoms. The first-order valence-corrected chi connectivity index (χ1v) is 23.3. The molecular weight excluding hydrogens is 843 g/mol. The van der Waals surface area contributed by atoms with E-state index in [0.29, 0.717) is 17.6 Å². The molecule has 0 N–H and O–H groups in total. The van der Waals surface area contributed by atoms with Crippen LogP contribution in [0, 0.1) is 0 Å². The molecule has 0 spiro atoms. The third-order valence-electron chi connectivity index (χ3n) is 13.6. The zero-order valence-corrected chi connectivity index (χ0v) is 37.2. The summed E-state index contributed by atoms with van der Waals surface area (Å²) in [6.45, 7) is 0. The molecular formula is C63H39N5O. The van der Waals surface area contributed by atoms with Gasteiger partial charge in [-0.1, -0.05) is 206 Å². The fraction of sp³-hybridized carbons (Fsp3) is 0. The Kier molecular flexibility index (Phi) is 8.79. The molecule has 0 fully saturated rings. The maximum Gasteiger partial charge on any atom is 0.238 e. The van der Waals surface area contributed by atoms with Crippen LogP contribution in [0.15, 0.2) is 241 Å². The third kappa shape index (κ3) is 6.16. The van der Waals surface area contributed by atoms with E-state index < -0.39 is 0 Å². The van der Waals surface area contributed by atoms with Crippen molar-refractivity contribution in [1.82, 2.24) is 24.1 Å². The Morgan fingerprint density at radius 1 is 0.275 bits per heavy atom. The monoisotopic (exact) mass is 881 g/mol. The molecule has 6 heteroatoms. The lowest BCUT2D eigenvalue weighted by Crippen LogP contribution is -2.07. The highest BCUT2D eigenvalue weighted by molar-refractivity contribution is 6.26. The highest BCUT2D eigenvalue weighted by atomic mass is 16.3. The van der Waals surface area contributed by atoms with E-state index in [0.717, 1.165) is 116 Å². The van der Waals surface area contributed by atoms with Crippen LogP contribution < -0.4 is 0 Å². The Labute approximate surface area is 396 Å². The van der Waals surface area contributed by atoms with Crippen molar-refractivity contribution in [3.05, 3.63) is 237 Å². The maximum absolute atomic E-state index is 7.46. The van der Waals surface area contributed by atoms with E-state index in [1.165, 1.54) is 0 Å². The minimum Gasteiger partial charge on any atom is -0.452 e. The second-order valence-corrected chi connectivity index (χ2v) is 17.5. The van der Waals surface area contributed by atoms with Gasteiger partial charge in [0.15, 0.2) is 22.8 Å². The number of benzene rings is 10. The summed E-state index contributed by atoms with van der Waals surface area (Å²) in [5, 5.41) is 6.45. The molecule has 0 saturated heterocycles. The van der Waals surface area contributed by atoms with E-state index in [9.17, 15) is 0 Å². The van der Waals surface area contributed by atoms with Gasteiger partial charge in [0.2, 0.25) is 5.95 Å². The number of aromatic nitrogens is 5. The molecule has 69 heavy (non-hydrogen) atoms. The van der Waals surface area contributed by atoms with Crippen LogP contribution in [0.25, 0.3) is 133 Å². The summed E-state index contributed by atoms with van der Waals surface area (Å²) in [6, 6.07) is 83.1. The quantitative estimate of drug-likeness (QED) is 0.160. The lowest BCUT2D eigenvalue weighted by Gasteiger charge is -2.14. The van der Waals surface area contributed by atoms with Crippen molar-refractivity contribution in [2.45, 2.75) is 0 Å². The Balaban J connectivity index is 1.06. The topological polar surface area (TPSA) is 61.7 Å². The fourth-order valence-corrected chi connectivity index (χ4v) is 10.5. The SMILES string of the molecule is c1ccc(-c2ccc(-c3nc(-c4ccccc4-c4ccccc4)nc(-n4c5ccccc5c5ccc6c7ccc8c9ccccc9n(-c9ccccc9-c9ccccc9)c8c7oc6c54)n3)cc2)cc1. The lowest BCUT2D eigenvalue weighted by molar-refractivity contribution is 0.673. The standard InChI is InChI=1S/C63H39N5O/c1-4-18-40(19-5-1)41-32-34-44(35-33-41)61-64-62(53-28-11-10-24-45(53)42-20-6-2-7-21-42)66-63(65-61)68-56-31-17-14-27-48(56)50-37-39-52-51-38-36-49-47-26-13-16-30-55(47)67(57(49)59(51)69-60(52)58(50)68)54-29-15-12-25-46(54)43-22-8-3-9-23-43/h1-39H. The van der Waals surface area contributed by atoms with Crippen molar-refractivity contribution in [3.63, 3.8) is 0 Å². The number of nitrogens with zero attached hydrogens (tertiary/aromatic N) is 5. The molecule has 0 atom stereocenters. The van der Waals surface area contributed by atoms with Crippen LogP contribution >= 0.6 is 0 Å². The van der Waals surface area contributed by atoms with E-state index in [1.807, 2.05) is 12.1 Å². The average Bonchev–Trinajstić information content (AvgIpc) is 4.10. The molecule has 4 heterocycles. The molecule has 6 nitrogen and oxygen atoms in total. The summed E-state index contributed by atoms with van der Waals surface area (Å²) < 4.78 is 12.0. The van der Waals surface area contributed by atoms with Crippen LogP contribution in [0.5, 0.6) is 0 Å². The minimum atomic E-state index is 0.500. The molecule has 0 aliphatic heterocycles. The largest absolute Gasteiger partial charge is 0.452 e. The number of fused-ring (bicyclic) bond motifs is 11. The Morgan fingerprint density at radius 2 is 0.710 bits per heavy atom. The van der Waals surface area contributed by atoms with Crippen molar-refractivity contribution < 1.29 is 4.42 Å². The number of hydrogen-bond donors (Lipinski definition) is 0. The first-order chi connectivity index (χ1) is 34.2. The number of rotatable bonds is 7. The van der Waals surface area contributed by atoms with E-state index in [1.54, 1.807) is 0 Å². The molecule has 0 aliphatic rings. The van der Waals surface area contributed by atoms with Crippen LogP contribution in [0.1, 0.15) is 0 Å². The van der Waals surface area contributed by atoms with Gasteiger partial charge in [-0.25, -0.2) is 4.98 Å². The van der Waals surface area contributed by atoms with Crippen LogP contribution in [0.4, 0.5) is 0 Å². The molecule has 4 aromatic heterocycles. The van der Waals surface area contributed by atoms with Crippen LogP contribution in [0.2, 0.25) is 0 Å². The lowest BCUT2D eigenvalue weighted by atomic mass is 9.99. The van der Waals surface area contributed by atoms with Gasteiger partial charge in [-0.3, -0.25) is 4.57 Å². The Hall–Kier alpha value is -9.39. The van der Waals surface area contributed by atoms with Gasteiger partial charge in [0, 0.05) is 49.0 Å². The van der Waals surface area contributed by atoms with Crippen molar-refractivity contribution in [1.29, 1.82) is 0 Å². The molecule has 14 rings (SSSR count). The normalized spacial score (nSPS) is 11.8. The van der Waals surface area contributed by atoms with Crippen molar-refractivity contribution in [2.75, 3.05) is 0 Å². The van der Waals surface area contributed by atoms with Crippen LogP contribution in [-0.4, -0.2) is 24.1 Å². The Bertz CT molecular complexity index is 4280. The van der Waals surface area contributed by atoms with Gasteiger partial charge in [0.05, 0.1) is 22.2 Å². The fourth-order valence-electron chi connectivity index (χ4n) is 10.5. The summed E-state index contributed by atoms with van der Waals surface area (Å²) in [7, 11) is 0. The Morgan fingerprint density at radius 3 is 1.35 bits per heavy atom. The summed E-state index contributed by atoms with van der Waals surface area (Å²) in [6.07, 6.45) is 0. The zero-order chi connectivity index (χ0) is 45.4. The predicted octanol–water partition coefficient (Wildman–Crippen LogP) is 16.3. The number of hydrogen-bond acceptors (Lipinski definition) is 4. The predicted molar refractivity (Wildman–Crippen MR) is 283 cm³/mol. The van der Waals surface area contributed by atoms with E-state index in [-0.39, 0.29) is 0 Å². The first-order valence-electron chi connectivity index (χ1n) is 23.3. The maximum atomic E-state index is 7.46. The summed E-state index contributed by atoms with van der Waals surface area (Å²) >= 11 is 0. The number of para-hydroxylation sites is 3. The zero-order valence-electron chi connectivity index (χ0n) is 37.2. The van der Waals surface area contributed by atoms with E-state index in [2.05, 4.69) is 234 Å². The molecule has 0 amide bonds. The van der Waals surface area contributed by atoms with Crippen molar-refractivity contribution in [2.24, 2.45) is 0 Å². The molecule has 322 valence electrons. The number of furan rings is 1. The molecule has 0 saturated carbocycles. The molecule has 0 radical (unpaired) electrons. The molecule has 10 aromatic carbocycles.